The lowest BCUT2D eigenvalue weighted by Crippen LogP contribution is -2.15. The van der Waals surface area contributed by atoms with E-state index < -0.39 is 10.0 Å². The van der Waals surface area contributed by atoms with E-state index >= 15 is 0 Å². The van der Waals surface area contributed by atoms with Crippen molar-refractivity contribution in [1.29, 1.82) is 5.26 Å². The predicted octanol–water partition coefficient (Wildman–Crippen LogP) is 2.72. The Kier molecular flexibility index (Phi) is 3.93. The van der Waals surface area contributed by atoms with Crippen molar-refractivity contribution in [3.63, 3.8) is 0 Å². The molecule has 0 amide bonds. The van der Waals surface area contributed by atoms with Gasteiger partial charge in [-0.3, -0.25) is 9.71 Å². The molecule has 5 nitrogen and oxygen atoms in total. The molecule has 20 heavy (non-hydrogen) atoms. The summed E-state index contributed by atoms with van der Waals surface area (Å²) >= 11 is 5.90. The van der Waals surface area contributed by atoms with Gasteiger partial charge in [-0.25, -0.2) is 8.42 Å². The minimum atomic E-state index is -3.82. The van der Waals surface area contributed by atoms with Gasteiger partial charge in [0.05, 0.1) is 33.4 Å². The smallest absolute Gasteiger partial charge is 0.262 e. The first-order chi connectivity index (χ1) is 9.44. The molecule has 0 aliphatic carbocycles. The highest BCUT2D eigenvalue weighted by molar-refractivity contribution is 7.92. The van der Waals surface area contributed by atoms with Crippen molar-refractivity contribution in [2.75, 3.05) is 4.72 Å². The Morgan fingerprint density at radius 1 is 1.35 bits per heavy atom. The fourth-order valence-electron chi connectivity index (χ4n) is 1.61. The van der Waals surface area contributed by atoms with E-state index in [1.54, 1.807) is 19.1 Å². The largest absolute Gasteiger partial charge is 0.277 e. The van der Waals surface area contributed by atoms with Gasteiger partial charge in [0.25, 0.3) is 10.0 Å². The molecule has 0 radical (unpaired) electrons. The second-order valence-electron chi connectivity index (χ2n) is 4.05. The number of aromatic nitrogens is 1. The molecular weight excluding hydrogens is 298 g/mol. The maximum absolute atomic E-state index is 12.3. The standard InChI is InChI=1S/C13H10ClN3O2S/c1-9-2-3-10(7-15)6-13(9)20(18,19)17-12-8-16-5-4-11(12)14/h2-6,8,17H,1H3. The van der Waals surface area contributed by atoms with Gasteiger partial charge >= 0.3 is 0 Å². The zero-order valence-corrected chi connectivity index (χ0v) is 12.0. The first kappa shape index (κ1) is 14.3. The molecule has 7 heteroatoms. The normalized spacial score (nSPS) is 10.8. The average molecular weight is 308 g/mol. The lowest BCUT2D eigenvalue weighted by Gasteiger charge is -2.11. The molecule has 1 N–H and O–H groups in total. The maximum atomic E-state index is 12.3. The SMILES string of the molecule is Cc1ccc(C#N)cc1S(=O)(=O)Nc1cnccc1Cl. The van der Waals surface area contributed by atoms with E-state index in [0.29, 0.717) is 5.56 Å². The van der Waals surface area contributed by atoms with Gasteiger partial charge in [-0.2, -0.15) is 5.26 Å². The van der Waals surface area contributed by atoms with Crippen molar-refractivity contribution in [2.45, 2.75) is 11.8 Å². The first-order valence-corrected chi connectivity index (χ1v) is 7.43. The molecule has 0 fully saturated rings. The molecule has 0 saturated carbocycles. The van der Waals surface area contributed by atoms with Crippen LogP contribution in [0.4, 0.5) is 5.69 Å². The molecule has 0 aliphatic rings. The van der Waals surface area contributed by atoms with Crippen LogP contribution in [0, 0.1) is 18.3 Å². The van der Waals surface area contributed by atoms with E-state index in [9.17, 15) is 8.42 Å². The van der Waals surface area contributed by atoms with Crippen molar-refractivity contribution in [3.8, 4) is 6.07 Å². The number of hydrogen-bond donors (Lipinski definition) is 1. The van der Waals surface area contributed by atoms with E-state index in [1.165, 1.54) is 24.5 Å². The summed E-state index contributed by atoms with van der Waals surface area (Å²) < 4.78 is 27.0. The summed E-state index contributed by atoms with van der Waals surface area (Å²) in [4.78, 5) is 3.85. The van der Waals surface area contributed by atoms with Gasteiger partial charge < -0.3 is 0 Å². The fourth-order valence-corrected chi connectivity index (χ4v) is 3.16. The Hall–Kier alpha value is -2.10. The summed E-state index contributed by atoms with van der Waals surface area (Å²) in [5, 5.41) is 9.10. The third-order valence-corrected chi connectivity index (χ3v) is 4.46. The molecule has 1 heterocycles. The molecule has 1 aromatic heterocycles. The third-order valence-electron chi connectivity index (χ3n) is 2.62. The first-order valence-electron chi connectivity index (χ1n) is 5.57. The minimum absolute atomic E-state index is 0.0384. The summed E-state index contributed by atoms with van der Waals surface area (Å²) in [6.07, 6.45) is 2.78. The van der Waals surface area contributed by atoms with Crippen molar-refractivity contribution < 1.29 is 8.42 Å². The number of nitriles is 1. The summed E-state index contributed by atoms with van der Waals surface area (Å²) in [5.74, 6) is 0. The Balaban J connectivity index is 2.47. The Bertz CT molecular complexity index is 798. The summed E-state index contributed by atoms with van der Waals surface area (Å²) in [6.45, 7) is 1.65. The van der Waals surface area contributed by atoms with Crippen molar-refractivity contribution >= 4 is 27.3 Å². The maximum Gasteiger partial charge on any atom is 0.262 e. The molecule has 2 rings (SSSR count). The van der Waals surface area contributed by atoms with Crippen molar-refractivity contribution in [2.24, 2.45) is 0 Å². The van der Waals surface area contributed by atoms with Gasteiger partial charge in [0.2, 0.25) is 0 Å². The molecule has 0 bridgehead atoms. The van der Waals surface area contributed by atoms with Gasteiger partial charge in [-0.05, 0) is 30.7 Å². The lowest BCUT2D eigenvalue weighted by molar-refractivity contribution is 0.600. The fraction of sp³-hybridized carbons (Fsp3) is 0.0769. The number of hydrogen-bond acceptors (Lipinski definition) is 4. The van der Waals surface area contributed by atoms with Crippen LogP contribution in [0.1, 0.15) is 11.1 Å². The second-order valence-corrected chi connectivity index (χ2v) is 6.11. The van der Waals surface area contributed by atoms with Crippen molar-refractivity contribution in [3.05, 3.63) is 52.8 Å². The highest BCUT2D eigenvalue weighted by Gasteiger charge is 2.18. The number of benzene rings is 1. The summed E-state index contributed by atoms with van der Waals surface area (Å²) in [6, 6.07) is 7.86. The number of pyridine rings is 1. The molecule has 0 unspecified atom stereocenters. The Labute approximate surface area is 121 Å². The van der Waals surface area contributed by atoms with Gasteiger partial charge in [-0.15, -0.1) is 0 Å². The van der Waals surface area contributed by atoms with Crippen LogP contribution in [0.25, 0.3) is 0 Å². The second kappa shape index (κ2) is 5.49. The van der Waals surface area contributed by atoms with Crippen LogP contribution < -0.4 is 4.72 Å². The molecule has 1 aromatic carbocycles. The molecule has 102 valence electrons. The molecule has 0 aliphatic heterocycles. The topological polar surface area (TPSA) is 82.8 Å². The Morgan fingerprint density at radius 2 is 2.10 bits per heavy atom. The predicted molar refractivity (Wildman–Crippen MR) is 75.9 cm³/mol. The van der Waals surface area contributed by atoms with E-state index in [1.807, 2.05) is 6.07 Å². The van der Waals surface area contributed by atoms with Gasteiger partial charge in [-0.1, -0.05) is 17.7 Å². The van der Waals surface area contributed by atoms with Crippen LogP contribution in [0.15, 0.2) is 41.6 Å². The molecule has 0 spiro atoms. The van der Waals surface area contributed by atoms with Crippen molar-refractivity contribution in [1.82, 2.24) is 4.98 Å². The molecule has 0 saturated heterocycles. The number of nitrogens with one attached hydrogen (secondary N) is 1. The third kappa shape index (κ3) is 2.90. The molecule has 2 aromatic rings. The summed E-state index contributed by atoms with van der Waals surface area (Å²) in [7, 11) is -3.82. The summed E-state index contributed by atoms with van der Waals surface area (Å²) in [5.41, 5.74) is 1.00. The number of rotatable bonds is 3. The molecule has 0 atom stereocenters. The highest BCUT2D eigenvalue weighted by atomic mass is 35.5. The van der Waals surface area contributed by atoms with Crippen LogP contribution in [-0.2, 0) is 10.0 Å². The number of anilines is 1. The van der Waals surface area contributed by atoms with E-state index in [0.717, 1.165) is 0 Å². The van der Waals surface area contributed by atoms with E-state index in [4.69, 9.17) is 16.9 Å². The number of halogens is 1. The van der Waals surface area contributed by atoms with Crippen LogP contribution in [0.3, 0.4) is 0 Å². The van der Waals surface area contributed by atoms with E-state index in [2.05, 4.69) is 9.71 Å². The number of aryl methyl sites for hydroxylation is 1. The van der Waals surface area contributed by atoms with E-state index in [-0.39, 0.29) is 21.2 Å². The zero-order valence-electron chi connectivity index (χ0n) is 10.5. The van der Waals surface area contributed by atoms with Crippen LogP contribution in [0.5, 0.6) is 0 Å². The average Bonchev–Trinajstić information content (AvgIpc) is 2.41. The lowest BCUT2D eigenvalue weighted by atomic mass is 10.2. The van der Waals surface area contributed by atoms with Crippen LogP contribution in [-0.4, -0.2) is 13.4 Å². The van der Waals surface area contributed by atoms with Crippen LogP contribution in [0.2, 0.25) is 5.02 Å². The Morgan fingerprint density at radius 3 is 2.75 bits per heavy atom. The zero-order chi connectivity index (χ0) is 14.8. The highest BCUT2D eigenvalue weighted by Crippen LogP contribution is 2.24. The van der Waals surface area contributed by atoms with Gasteiger partial charge in [0.1, 0.15) is 0 Å². The van der Waals surface area contributed by atoms with Gasteiger partial charge in [0, 0.05) is 6.20 Å². The monoisotopic (exact) mass is 307 g/mol. The molecular formula is C13H10ClN3O2S. The minimum Gasteiger partial charge on any atom is -0.277 e. The quantitative estimate of drug-likeness (QED) is 0.945. The number of nitrogens with zero attached hydrogens (tertiary/aromatic N) is 2. The van der Waals surface area contributed by atoms with Gasteiger partial charge in [0.15, 0.2) is 0 Å². The number of sulfonamides is 1. The van der Waals surface area contributed by atoms with Crippen LogP contribution >= 0.6 is 11.6 Å².